The molecule has 0 amide bonds. The lowest BCUT2D eigenvalue weighted by Crippen LogP contribution is -2.17. The molecule has 1 atom stereocenters. The Balaban J connectivity index is 2.82. The van der Waals surface area contributed by atoms with Gasteiger partial charge >= 0.3 is 0 Å². The van der Waals surface area contributed by atoms with Gasteiger partial charge in [0.15, 0.2) is 0 Å². The van der Waals surface area contributed by atoms with E-state index in [9.17, 15) is 0 Å². The fourth-order valence-electron chi connectivity index (χ4n) is 1.71. The van der Waals surface area contributed by atoms with Gasteiger partial charge in [-0.15, -0.1) is 0 Å². The maximum Gasteiger partial charge on any atom is 0.0541 e. The van der Waals surface area contributed by atoms with E-state index in [2.05, 4.69) is 33.8 Å². The fraction of sp³-hybridized carbons (Fsp3) is 0.571. The summed E-state index contributed by atoms with van der Waals surface area (Å²) in [5.41, 5.74) is 1.19. The van der Waals surface area contributed by atoms with E-state index in [1.54, 1.807) is 0 Å². The summed E-state index contributed by atoms with van der Waals surface area (Å²) in [6, 6.07) is 8.04. The predicted molar refractivity (Wildman–Crippen MR) is 70.1 cm³/mol. The molecule has 0 saturated carbocycles. The van der Waals surface area contributed by atoms with Gasteiger partial charge in [-0.3, -0.25) is 0 Å². The van der Waals surface area contributed by atoms with Crippen LogP contribution in [0.25, 0.3) is 0 Å². The lowest BCUT2D eigenvalue weighted by atomic mass is 9.89. The van der Waals surface area contributed by atoms with Gasteiger partial charge in [-0.25, -0.2) is 0 Å². The van der Waals surface area contributed by atoms with Gasteiger partial charge in [0.05, 0.1) is 12.7 Å². The zero-order valence-electron chi connectivity index (χ0n) is 10.5. The number of halogens is 1. The molecule has 0 aliphatic carbocycles. The average molecular weight is 241 g/mol. The Morgan fingerprint density at radius 3 is 2.25 bits per heavy atom. The van der Waals surface area contributed by atoms with Gasteiger partial charge in [-0.1, -0.05) is 43.6 Å². The van der Waals surface area contributed by atoms with Crippen molar-refractivity contribution in [3.63, 3.8) is 0 Å². The van der Waals surface area contributed by atoms with Crippen LogP contribution in [-0.4, -0.2) is 12.7 Å². The van der Waals surface area contributed by atoms with E-state index in [4.69, 9.17) is 16.3 Å². The summed E-state index contributed by atoms with van der Waals surface area (Å²) >= 11 is 6.22. The summed E-state index contributed by atoms with van der Waals surface area (Å²) in [4.78, 5) is 0. The van der Waals surface area contributed by atoms with Crippen LogP contribution in [0, 0.1) is 5.92 Å². The lowest BCUT2D eigenvalue weighted by Gasteiger charge is -2.23. The SMILES string of the molecule is CC(C)OCC(c1ccccc1Cl)C(C)C. The zero-order valence-corrected chi connectivity index (χ0v) is 11.3. The topological polar surface area (TPSA) is 9.23 Å². The third-order valence-electron chi connectivity index (χ3n) is 2.72. The van der Waals surface area contributed by atoms with Crippen molar-refractivity contribution in [3.05, 3.63) is 34.9 Å². The zero-order chi connectivity index (χ0) is 12.1. The number of hydrogen-bond acceptors (Lipinski definition) is 1. The standard InChI is InChI=1S/C14H21ClO/c1-10(2)13(9-16-11(3)4)12-7-5-6-8-14(12)15/h5-8,10-11,13H,9H2,1-4H3. The molecule has 90 valence electrons. The molecule has 0 aliphatic heterocycles. The minimum absolute atomic E-state index is 0.267. The quantitative estimate of drug-likeness (QED) is 0.736. The fourth-order valence-corrected chi connectivity index (χ4v) is 1.99. The molecule has 0 spiro atoms. The molecule has 1 rings (SSSR count). The normalized spacial score (nSPS) is 13.4. The van der Waals surface area contributed by atoms with E-state index in [1.165, 1.54) is 5.56 Å². The second-order valence-corrected chi connectivity index (χ2v) is 5.16. The van der Waals surface area contributed by atoms with Crippen LogP contribution in [0.4, 0.5) is 0 Å². The Labute approximate surface area is 104 Å². The minimum Gasteiger partial charge on any atom is -0.378 e. The molecule has 1 aromatic carbocycles. The van der Waals surface area contributed by atoms with Crippen LogP contribution in [0.2, 0.25) is 5.02 Å². The molecule has 0 aliphatic rings. The first-order valence-corrected chi connectivity index (χ1v) is 6.26. The largest absolute Gasteiger partial charge is 0.378 e. The van der Waals surface area contributed by atoms with Crippen molar-refractivity contribution in [3.8, 4) is 0 Å². The maximum absolute atomic E-state index is 6.22. The van der Waals surface area contributed by atoms with Crippen molar-refractivity contribution in [1.82, 2.24) is 0 Å². The monoisotopic (exact) mass is 240 g/mol. The van der Waals surface area contributed by atoms with Crippen LogP contribution in [0.3, 0.4) is 0 Å². The molecule has 1 aromatic rings. The highest BCUT2D eigenvalue weighted by atomic mass is 35.5. The van der Waals surface area contributed by atoms with Gasteiger partial charge < -0.3 is 4.74 Å². The van der Waals surface area contributed by atoms with Crippen LogP contribution in [0.5, 0.6) is 0 Å². The van der Waals surface area contributed by atoms with Crippen molar-refractivity contribution in [2.24, 2.45) is 5.92 Å². The summed E-state index contributed by atoms with van der Waals surface area (Å²) in [7, 11) is 0. The second kappa shape index (κ2) is 6.27. The molecular formula is C14H21ClO. The second-order valence-electron chi connectivity index (χ2n) is 4.75. The highest BCUT2D eigenvalue weighted by molar-refractivity contribution is 6.31. The first-order chi connectivity index (χ1) is 7.52. The average Bonchev–Trinajstić information content (AvgIpc) is 2.20. The Morgan fingerprint density at radius 1 is 1.12 bits per heavy atom. The molecule has 0 radical (unpaired) electrons. The number of benzene rings is 1. The molecule has 2 heteroatoms. The van der Waals surface area contributed by atoms with E-state index >= 15 is 0 Å². The van der Waals surface area contributed by atoms with Crippen molar-refractivity contribution in [1.29, 1.82) is 0 Å². The summed E-state index contributed by atoms with van der Waals surface area (Å²) in [6.45, 7) is 9.27. The lowest BCUT2D eigenvalue weighted by molar-refractivity contribution is 0.0590. The van der Waals surface area contributed by atoms with Crippen molar-refractivity contribution >= 4 is 11.6 Å². The van der Waals surface area contributed by atoms with Crippen molar-refractivity contribution in [2.45, 2.75) is 39.7 Å². The Kier molecular flexibility index (Phi) is 5.30. The molecule has 0 saturated heterocycles. The molecular weight excluding hydrogens is 220 g/mol. The van der Waals surface area contributed by atoms with E-state index < -0.39 is 0 Å². The van der Waals surface area contributed by atoms with Crippen molar-refractivity contribution in [2.75, 3.05) is 6.61 Å². The molecule has 0 fully saturated rings. The summed E-state index contributed by atoms with van der Waals surface area (Å²) in [5.74, 6) is 0.898. The van der Waals surface area contributed by atoms with Crippen molar-refractivity contribution < 1.29 is 4.74 Å². The first kappa shape index (κ1) is 13.5. The van der Waals surface area contributed by atoms with Gasteiger partial charge in [0, 0.05) is 10.9 Å². The predicted octanol–water partition coefficient (Wildman–Crippen LogP) is 4.50. The molecule has 0 heterocycles. The summed E-state index contributed by atoms with van der Waals surface area (Å²) < 4.78 is 5.72. The molecule has 1 unspecified atom stereocenters. The smallest absolute Gasteiger partial charge is 0.0541 e. The van der Waals surface area contributed by atoms with Crippen LogP contribution in [0.15, 0.2) is 24.3 Å². The third kappa shape index (κ3) is 3.80. The van der Waals surface area contributed by atoms with E-state index in [-0.39, 0.29) is 6.10 Å². The third-order valence-corrected chi connectivity index (χ3v) is 3.06. The molecule has 0 bridgehead atoms. The van der Waals surface area contributed by atoms with Crippen LogP contribution >= 0.6 is 11.6 Å². The van der Waals surface area contributed by atoms with Gasteiger partial charge in [0.25, 0.3) is 0 Å². The number of ether oxygens (including phenoxy) is 1. The summed E-state index contributed by atoms with van der Waals surface area (Å²) in [6.07, 6.45) is 0.267. The summed E-state index contributed by atoms with van der Waals surface area (Å²) in [5, 5.41) is 0.841. The Hall–Kier alpha value is -0.530. The Bertz CT molecular complexity index is 320. The highest BCUT2D eigenvalue weighted by Gasteiger charge is 2.18. The molecule has 16 heavy (non-hydrogen) atoms. The Morgan fingerprint density at radius 2 is 1.75 bits per heavy atom. The van der Waals surface area contributed by atoms with Gasteiger partial charge in [-0.2, -0.15) is 0 Å². The van der Waals surface area contributed by atoms with Crippen LogP contribution < -0.4 is 0 Å². The molecule has 0 aromatic heterocycles. The van der Waals surface area contributed by atoms with Gasteiger partial charge in [0.2, 0.25) is 0 Å². The first-order valence-electron chi connectivity index (χ1n) is 5.88. The van der Waals surface area contributed by atoms with Crippen LogP contribution in [-0.2, 0) is 4.74 Å². The van der Waals surface area contributed by atoms with Gasteiger partial charge in [-0.05, 0) is 31.4 Å². The van der Waals surface area contributed by atoms with Gasteiger partial charge in [0.1, 0.15) is 0 Å². The van der Waals surface area contributed by atoms with E-state index in [1.807, 2.05) is 18.2 Å². The number of rotatable bonds is 5. The highest BCUT2D eigenvalue weighted by Crippen LogP contribution is 2.30. The van der Waals surface area contributed by atoms with E-state index in [0.29, 0.717) is 11.8 Å². The van der Waals surface area contributed by atoms with Crippen LogP contribution in [0.1, 0.15) is 39.2 Å². The molecule has 0 N–H and O–H groups in total. The van der Waals surface area contributed by atoms with E-state index in [0.717, 1.165) is 11.6 Å². The number of hydrogen-bond donors (Lipinski definition) is 0. The molecule has 1 nitrogen and oxygen atoms in total. The minimum atomic E-state index is 0.267. The maximum atomic E-state index is 6.22.